The number of rotatable bonds is 2. The van der Waals surface area contributed by atoms with Crippen molar-refractivity contribution in [3.8, 4) is 16.9 Å². The maximum Gasteiger partial charge on any atom is 0.308 e. The van der Waals surface area contributed by atoms with E-state index in [0.29, 0.717) is 17.9 Å². The molecule has 0 bridgehead atoms. The van der Waals surface area contributed by atoms with E-state index in [1.54, 1.807) is 6.07 Å². The third kappa shape index (κ3) is 2.40. The van der Waals surface area contributed by atoms with Gasteiger partial charge in [-0.3, -0.25) is 9.59 Å². The first-order valence-electron chi connectivity index (χ1n) is 6.76. The number of amides is 1. The molecule has 1 aliphatic rings. The van der Waals surface area contributed by atoms with E-state index >= 15 is 0 Å². The number of hydrogen-bond donors (Lipinski definition) is 1. The second kappa shape index (κ2) is 5.05. The summed E-state index contributed by atoms with van der Waals surface area (Å²) in [5.41, 5.74) is 4.87. The third-order valence-corrected chi connectivity index (χ3v) is 3.49. The van der Waals surface area contributed by atoms with Crippen molar-refractivity contribution in [2.75, 3.05) is 5.32 Å². The smallest absolute Gasteiger partial charge is 0.308 e. The van der Waals surface area contributed by atoms with Gasteiger partial charge < -0.3 is 10.1 Å². The van der Waals surface area contributed by atoms with Gasteiger partial charge in [-0.1, -0.05) is 30.3 Å². The van der Waals surface area contributed by atoms with Crippen LogP contribution in [0.25, 0.3) is 11.1 Å². The summed E-state index contributed by atoms with van der Waals surface area (Å²) in [6.45, 7) is 2.79. The first-order valence-corrected chi connectivity index (χ1v) is 6.76. The van der Waals surface area contributed by atoms with Gasteiger partial charge in [-0.15, -0.1) is 0 Å². The Labute approximate surface area is 122 Å². The molecule has 1 aliphatic carbocycles. The van der Waals surface area contributed by atoms with E-state index in [2.05, 4.69) is 17.4 Å². The quantitative estimate of drug-likeness (QED) is 0.580. The number of carbonyl (C=O) groups excluding carboxylic acids is 2. The van der Waals surface area contributed by atoms with Crippen molar-refractivity contribution in [2.45, 2.75) is 20.3 Å². The van der Waals surface area contributed by atoms with Crippen LogP contribution in [-0.4, -0.2) is 11.9 Å². The molecule has 21 heavy (non-hydrogen) atoms. The molecule has 1 amide bonds. The van der Waals surface area contributed by atoms with Crippen LogP contribution >= 0.6 is 0 Å². The van der Waals surface area contributed by atoms with Crippen molar-refractivity contribution >= 4 is 17.6 Å². The fourth-order valence-electron chi connectivity index (χ4n) is 2.73. The minimum absolute atomic E-state index is 0.195. The number of esters is 1. The van der Waals surface area contributed by atoms with Crippen LogP contribution in [0, 0.1) is 0 Å². The predicted octanol–water partition coefficient (Wildman–Crippen LogP) is 3.14. The molecule has 0 radical (unpaired) electrons. The van der Waals surface area contributed by atoms with Gasteiger partial charge in [0.1, 0.15) is 0 Å². The van der Waals surface area contributed by atoms with Gasteiger partial charge in [-0.25, -0.2) is 0 Å². The van der Waals surface area contributed by atoms with E-state index in [-0.39, 0.29) is 5.91 Å². The fourth-order valence-corrected chi connectivity index (χ4v) is 2.73. The zero-order valence-corrected chi connectivity index (χ0v) is 11.9. The standard InChI is InChI=1S/C17H15NO3/c1-10(19)18-16-8-7-14-13-6-4-3-5-12(13)9-15(14)17(16)21-11(2)20/h3-8H,9H2,1-2H3,(H,18,19). The molecule has 0 spiro atoms. The number of nitrogens with one attached hydrogen (secondary N) is 1. The summed E-state index contributed by atoms with van der Waals surface area (Å²) in [4.78, 5) is 22.7. The van der Waals surface area contributed by atoms with Gasteiger partial charge in [-0.05, 0) is 22.8 Å². The Balaban J connectivity index is 2.15. The fraction of sp³-hybridized carbons (Fsp3) is 0.176. The molecule has 4 nitrogen and oxygen atoms in total. The molecule has 0 aromatic heterocycles. The van der Waals surface area contributed by atoms with Crippen molar-refractivity contribution in [3.05, 3.63) is 47.5 Å². The topological polar surface area (TPSA) is 55.4 Å². The Bertz CT molecular complexity index is 750. The average Bonchev–Trinajstić information content (AvgIpc) is 2.79. The van der Waals surface area contributed by atoms with Crippen molar-refractivity contribution in [1.82, 2.24) is 0 Å². The molecular formula is C17H15NO3. The lowest BCUT2D eigenvalue weighted by atomic mass is 10.0. The van der Waals surface area contributed by atoms with Gasteiger partial charge >= 0.3 is 5.97 Å². The Morgan fingerprint density at radius 3 is 2.52 bits per heavy atom. The minimum Gasteiger partial charge on any atom is -0.424 e. The molecule has 0 unspecified atom stereocenters. The molecule has 0 aliphatic heterocycles. The lowest BCUT2D eigenvalue weighted by molar-refractivity contribution is -0.132. The highest BCUT2D eigenvalue weighted by molar-refractivity contribution is 5.94. The highest BCUT2D eigenvalue weighted by Gasteiger charge is 2.24. The molecular weight excluding hydrogens is 266 g/mol. The van der Waals surface area contributed by atoms with Crippen molar-refractivity contribution < 1.29 is 14.3 Å². The minimum atomic E-state index is -0.397. The molecule has 3 rings (SSSR count). The molecule has 1 N–H and O–H groups in total. The zero-order valence-electron chi connectivity index (χ0n) is 11.9. The summed E-state index contributed by atoms with van der Waals surface area (Å²) in [6, 6.07) is 11.8. The lowest BCUT2D eigenvalue weighted by Crippen LogP contribution is -2.11. The summed E-state index contributed by atoms with van der Waals surface area (Å²) >= 11 is 0. The molecule has 0 saturated heterocycles. The molecule has 2 aromatic rings. The molecule has 106 valence electrons. The van der Waals surface area contributed by atoms with E-state index in [1.165, 1.54) is 19.4 Å². The number of anilines is 1. The normalized spacial score (nSPS) is 11.5. The number of ether oxygens (including phenoxy) is 1. The summed E-state index contributed by atoms with van der Waals surface area (Å²) in [5.74, 6) is -0.142. The Hall–Kier alpha value is -2.62. The summed E-state index contributed by atoms with van der Waals surface area (Å²) < 4.78 is 5.37. The largest absolute Gasteiger partial charge is 0.424 e. The van der Waals surface area contributed by atoms with E-state index in [0.717, 1.165) is 16.7 Å². The van der Waals surface area contributed by atoms with Crippen LogP contribution in [0.2, 0.25) is 0 Å². The van der Waals surface area contributed by atoms with Gasteiger partial charge in [0.05, 0.1) is 5.69 Å². The van der Waals surface area contributed by atoms with Crippen LogP contribution in [0.4, 0.5) is 5.69 Å². The van der Waals surface area contributed by atoms with Crippen LogP contribution in [0.5, 0.6) is 5.75 Å². The van der Waals surface area contributed by atoms with Crippen molar-refractivity contribution in [2.24, 2.45) is 0 Å². The maximum absolute atomic E-state index is 11.4. The monoisotopic (exact) mass is 281 g/mol. The number of fused-ring (bicyclic) bond motifs is 3. The van der Waals surface area contributed by atoms with Crippen LogP contribution < -0.4 is 10.1 Å². The molecule has 0 heterocycles. The van der Waals surface area contributed by atoms with Crippen LogP contribution in [-0.2, 0) is 16.0 Å². The lowest BCUT2D eigenvalue weighted by Gasteiger charge is -2.14. The average molecular weight is 281 g/mol. The number of benzene rings is 2. The summed E-state index contributed by atoms with van der Waals surface area (Å²) in [6.07, 6.45) is 0.696. The molecule has 0 fully saturated rings. The number of carbonyl (C=O) groups is 2. The van der Waals surface area contributed by atoms with Gasteiger partial charge in [0.2, 0.25) is 5.91 Å². The van der Waals surface area contributed by atoms with Gasteiger partial charge in [0.15, 0.2) is 5.75 Å². The predicted molar refractivity (Wildman–Crippen MR) is 80.3 cm³/mol. The maximum atomic E-state index is 11.4. The van der Waals surface area contributed by atoms with Gasteiger partial charge in [0, 0.05) is 25.8 Å². The molecule has 0 atom stereocenters. The highest BCUT2D eigenvalue weighted by Crippen LogP contribution is 2.44. The second-order valence-electron chi connectivity index (χ2n) is 5.08. The summed E-state index contributed by atoms with van der Waals surface area (Å²) in [7, 11) is 0. The molecule has 4 heteroatoms. The van der Waals surface area contributed by atoms with Gasteiger partial charge in [0.25, 0.3) is 0 Å². The van der Waals surface area contributed by atoms with Crippen LogP contribution in [0.1, 0.15) is 25.0 Å². The summed E-state index contributed by atoms with van der Waals surface area (Å²) in [5, 5.41) is 2.72. The van der Waals surface area contributed by atoms with Crippen LogP contribution in [0.15, 0.2) is 36.4 Å². The highest BCUT2D eigenvalue weighted by atomic mass is 16.5. The Morgan fingerprint density at radius 1 is 1.05 bits per heavy atom. The Kier molecular flexibility index (Phi) is 3.22. The van der Waals surface area contributed by atoms with Gasteiger partial charge in [-0.2, -0.15) is 0 Å². The van der Waals surface area contributed by atoms with E-state index in [9.17, 15) is 9.59 Å². The molecule has 2 aromatic carbocycles. The van der Waals surface area contributed by atoms with Crippen molar-refractivity contribution in [3.63, 3.8) is 0 Å². The zero-order chi connectivity index (χ0) is 15.0. The van der Waals surface area contributed by atoms with E-state index < -0.39 is 5.97 Å². The SMILES string of the molecule is CC(=O)Nc1ccc2c(c1OC(C)=O)Cc1ccccc1-2. The van der Waals surface area contributed by atoms with Crippen LogP contribution in [0.3, 0.4) is 0 Å². The van der Waals surface area contributed by atoms with Crippen molar-refractivity contribution in [1.29, 1.82) is 0 Å². The van der Waals surface area contributed by atoms with E-state index in [1.807, 2.05) is 18.2 Å². The Morgan fingerprint density at radius 2 is 1.81 bits per heavy atom. The van der Waals surface area contributed by atoms with E-state index in [4.69, 9.17) is 4.74 Å². The second-order valence-corrected chi connectivity index (χ2v) is 5.08. The molecule has 0 saturated carbocycles. The first-order chi connectivity index (χ1) is 10.1. The third-order valence-electron chi connectivity index (χ3n) is 3.49. The first kappa shape index (κ1) is 13.4. The number of hydrogen-bond acceptors (Lipinski definition) is 3.